The molecule has 182 valence electrons. The van der Waals surface area contributed by atoms with Gasteiger partial charge in [0.1, 0.15) is 0 Å². The zero-order valence-corrected chi connectivity index (χ0v) is 20.9. The first-order valence-electron chi connectivity index (χ1n) is 11.9. The maximum atomic E-state index is 12.8. The van der Waals surface area contributed by atoms with E-state index in [-0.39, 0.29) is 12.3 Å². The summed E-state index contributed by atoms with van der Waals surface area (Å²) >= 11 is 1.53. The average Bonchev–Trinajstić information content (AvgIpc) is 3.47. The van der Waals surface area contributed by atoms with Crippen LogP contribution in [0.3, 0.4) is 0 Å². The molecule has 2 aromatic heterocycles. The van der Waals surface area contributed by atoms with Crippen LogP contribution in [0.5, 0.6) is 11.5 Å². The molecule has 0 saturated carbocycles. The molecule has 0 atom stereocenters. The van der Waals surface area contributed by atoms with E-state index >= 15 is 0 Å². The van der Waals surface area contributed by atoms with Crippen molar-refractivity contribution in [2.75, 3.05) is 32.6 Å². The fourth-order valence-electron chi connectivity index (χ4n) is 4.53. The van der Waals surface area contributed by atoms with Crippen molar-refractivity contribution in [2.24, 2.45) is 0 Å². The molecule has 5 rings (SSSR count). The Morgan fingerprint density at radius 1 is 1.03 bits per heavy atom. The number of fused-ring (bicyclic) bond motifs is 1. The molecule has 0 unspecified atom stereocenters. The molecule has 0 spiro atoms. The van der Waals surface area contributed by atoms with Crippen LogP contribution in [-0.2, 0) is 17.8 Å². The number of ether oxygens (including phenoxy) is 2. The molecular formula is C27H30N4O3S. The number of rotatable bonds is 8. The number of nitrogens with zero attached hydrogens (tertiary/aromatic N) is 3. The van der Waals surface area contributed by atoms with Crippen molar-refractivity contribution in [1.29, 1.82) is 0 Å². The van der Waals surface area contributed by atoms with Gasteiger partial charge in [-0.1, -0.05) is 18.6 Å². The first-order chi connectivity index (χ1) is 17.1. The predicted octanol–water partition coefficient (Wildman–Crippen LogP) is 5.25. The third-order valence-electron chi connectivity index (χ3n) is 6.40. The lowest BCUT2D eigenvalue weighted by molar-refractivity contribution is -0.115. The molecule has 1 aliphatic rings. The van der Waals surface area contributed by atoms with E-state index in [1.165, 1.54) is 49.3 Å². The van der Waals surface area contributed by atoms with E-state index in [4.69, 9.17) is 14.5 Å². The number of hydrogen-bond acceptors (Lipinski definition) is 6. The maximum absolute atomic E-state index is 12.8. The molecule has 3 heterocycles. The van der Waals surface area contributed by atoms with Crippen molar-refractivity contribution in [3.63, 3.8) is 0 Å². The highest BCUT2D eigenvalue weighted by Crippen LogP contribution is 2.33. The molecule has 0 radical (unpaired) electrons. The topological polar surface area (TPSA) is 68.1 Å². The van der Waals surface area contributed by atoms with Crippen LogP contribution in [0.1, 0.15) is 30.5 Å². The van der Waals surface area contributed by atoms with Crippen LogP contribution < -0.4 is 14.8 Å². The van der Waals surface area contributed by atoms with Gasteiger partial charge in [0.2, 0.25) is 5.91 Å². The molecule has 1 N–H and O–H groups in total. The van der Waals surface area contributed by atoms with Gasteiger partial charge >= 0.3 is 0 Å². The van der Waals surface area contributed by atoms with Crippen LogP contribution in [0.2, 0.25) is 0 Å². The van der Waals surface area contributed by atoms with Gasteiger partial charge in [0.25, 0.3) is 0 Å². The predicted molar refractivity (Wildman–Crippen MR) is 140 cm³/mol. The average molecular weight is 491 g/mol. The molecule has 8 heteroatoms. The highest BCUT2D eigenvalue weighted by atomic mass is 32.1. The van der Waals surface area contributed by atoms with E-state index in [9.17, 15) is 4.79 Å². The molecule has 2 aromatic carbocycles. The number of hydrogen-bond donors (Lipinski definition) is 1. The lowest BCUT2D eigenvalue weighted by Gasteiger charge is -2.26. The normalized spacial score (nSPS) is 14.2. The molecule has 7 nitrogen and oxygen atoms in total. The van der Waals surface area contributed by atoms with Crippen LogP contribution in [0, 0.1) is 0 Å². The van der Waals surface area contributed by atoms with Crippen LogP contribution in [0.4, 0.5) is 5.69 Å². The van der Waals surface area contributed by atoms with Crippen LogP contribution >= 0.6 is 11.3 Å². The number of anilines is 1. The smallest absolute Gasteiger partial charge is 0.230 e. The third-order valence-corrected chi connectivity index (χ3v) is 7.29. The minimum atomic E-state index is -0.0464. The van der Waals surface area contributed by atoms with Gasteiger partial charge in [-0.05, 0) is 61.8 Å². The van der Waals surface area contributed by atoms with Gasteiger partial charge in [0.05, 0.1) is 26.3 Å². The summed E-state index contributed by atoms with van der Waals surface area (Å²) in [7, 11) is 3.23. The first-order valence-corrected chi connectivity index (χ1v) is 12.8. The number of imidazole rings is 1. The minimum Gasteiger partial charge on any atom is -0.493 e. The van der Waals surface area contributed by atoms with E-state index in [1.807, 2.05) is 46.3 Å². The van der Waals surface area contributed by atoms with Crippen molar-refractivity contribution in [3.05, 3.63) is 65.3 Å². The quantitative estimate of drug-likeness (QED) is 0.366. The van der Waals surface area contributed by atoms with Gasteiger partial charge in [-0.25, -0.2) is 4.98 Å². The van der Waals surface area contributed by atoms with Crippen molar-refractivity contribution < 1.29 is 14.3 Å². The minimum absolute atomic E-state index is 0.0464. The van der Waals surface area contributed by atoms with Crippen LogP contribution in [0.25, 0.3) is 16.2 Å². The fraction of sp³-hybridized carbons (Fsp3) is 0.333. The zero-order valence-electron chi connectivity index (χ0n) is 20.1. The second-order valence-electron chi connectivity index (χ2n) is 8.83. The Kier molecular flexibility index (Phi) is 7.01. The number of benzene rings is 2. The summed E-state index contributed by atoms with van der Waals surface area (Å²) in [6.45, 7) is 3.33. The number of methoxy groups -OCH3 is 2. The molecule has 1 amide bonds. The number of carbonyl (C=O) groups excluding carboxylic acids is 1. The second kappa shape index (κ2) is 10.5. The Bertz CT molecular complexity index is 1310. The van der Waals surface area contributed by atoms with E-state index in [0.717, 1.165) is 34.1 Å². The largest absolute Gasteiger partial charge is 0.493 e. The van der Waals surface area contributed by atoms with Crippen molar-refractivity contribution in [1.82, 2.24) is 14.3 Å². The summed E-state index contributed by atoms with van der Waals surface area (Å²) < 4.78 is 12.7. The fourth-order valence-corrected chi connectivity index (χ4v) is 5.40. The van der Waals surface area contributed by atoms with E-state index in [1.54, 1.807) is 14.2 Å². The standard InChI is InChI=1S/C27H30N4O3S/c1-33-24-11-8-20(14-25(24)34-2)23-17-31-22(18-35-27(31)29-23)15-26(32)28-21-9-6-19(7-10-21)16-30-12-4-3-5-13-30/h6-11,14,17-18H,3-5,12-13,15-16H2,1-2H3,(H,28,32). The Balaban J connectivity index is 1.24. The van der Waals surface area contributed by atoms with Gasteiger partial charge in [-0.15, -0.1) is 11.3 Å². The summed E-state index contributed by atoms with van der Waals surface area (Å²) in [5.41, 5.74) is 4.76. The van der Waals surface area contributed by atoms with Gasteiger partial charge in [-0.3, -0.25) is 14.1 Å². The first kappa shape index (κ1) is 23.4. The molecule has 1 fully saturated rings. The summed E-state index contributed by atoms with van der Waals surface area (Å²) in [5.74, 6) is 1.28. The molecule has 1 aliphatic heterocycles. The Morgan fingerprint density at radius 3 is 2.54 bits per heavy atom. The van der Waals surface area contributed by atoms with Crippen LogP contribution in [0.15, 0.2) is 54.0 Å². The van der Waals surface area contributed by atoms with Gasteiger partial charge < -0.3 is 14.8 Å². The summed E-state index contributed by atoms with van der Waals surface area (Å²) in [4.78, 5) is 20.9. The monoisotopic (exact) mass is 490 g/mol. The highest BCUT2D eigenvalue weighted by molar-refractivity contribution is 7.15. The number of likely N-dealkylation sites (tertiary alicyclic amines) is 1. The summed E-state index contributed by atoms with van der Waals surface area (Å²) in [6, 6.07) is 13.9. The number of amides is 1. The molecule has 1 saturated heterocycles. The second-order valence-corrected chi connectivity index (χ2v) is 9.67. The zero-order chi connectivity index (χ0) is 24.2. The van der Waals surface area contributed by atoms with Crippen molar-refractivity contribution in [2.45, 2.75) is 32.2 Å². The number of thiazole rings is 1. The van der Waals surface area contributed by atoms with Gasteiger partial charge in [0, 0.05) is 35.1 Å². The number of carbonyl (C=O) groups is 1. The van der Waals surface area contributed by atoms with Crippen molar-refractivity contribution >= 4 is 27.9 Å². The molecular weight excluding hydrogens is 460 g/mol. The SMILES string of the molecule is COc1ccc(-c2cn3c(CC(=O)Nc4ccc(CN5CCCCC5)cc4)csc3n2)cc1OC. The lowest BCUT2D eigenvalue weighted by atomic mass is 10.1. The maximum Gasteiger partial charge on any atom is 0.230 e. The van der Waals surface area contributed by atoms with Gasteiger partial charge in [-0.2, -0.15) is 0 Å². The number of aromatic nitrogens is 2. The van der Waals surface area contributed by atoms with E-state index in [0.29, 0.717) is 11.5 Å². The van der Waals surface area contributed by atoms with Gasteiger partial charge in [0.15, 0.2) is 16.5 Å². The Morgan fingerprint density at radius 2 is 1.80 bits per heavy atom. The summed E-state index contributed by atoms with van der Waals surface area (Å²) in [5, 5.41) is 5.02. The highest BCUT2D eigenvalue weighted by Gasteiger charge is 2.15. The Labute approximate surface area is 209 Å². The molecule has 35 heavy (non-hydrogen) atoms. The molecule has 0 bridgehead atoms. The number of piperidine rings is 1. The number of nitrogens with one attached hydrogen (secondary N) is 1. The third kappa shape index (κ3) is 5.33. The molecule has 0 aliphatic carbocycles. The summed E-state index contributed by atoms with van der Waals surface area (Å²) in [6.07, 6.45) is 6.16. The van der Waals surface area contributed by atoms with E-state index < -0.39 is 0 Å². The lowest BCUT2D eigenvalue weighted by Crippen LogP contribution is -2.29. The van der Waals surface area contributed by atoms with E-state index in [2.05, 4.69) is 22.3 Å². The van der Waals surface area contributed by atoms with Crippen molar-refractivity contribution in [3.8, 4) is 22.8 Å². The molecule has 4 aromatic rings. The van der Waals surface area contributed by atoms with Crippen LogP contribution in [-0.4, -0.2) is 47.5 Å². The Hall–Kier alpha value is -3.36.